The van der Waals surface area contributed by atoms with Gasteiger partial charge in [0.2, 0.25) is 0 Å². The lowest BCUT2D eigenvalue weighted by molar-refractivity contribution is 0.0592. The van der Waals surface area contributed by atoms with Crippen LogP contribution in [0.1, 0.15) is 17.4 Å². The average molecular weight is 282 g/mol. The molecule has 0 aliphatic carbocycles. The molecular weight excluding hydrogens is 268 g/mol. The fraction of sp³-hybridized carbons (Fsp3) is 0.455. The van der Waals surface area contributed by atoms with Crippen LogP contribution in [0.5, 0.6) is 0 Å². The Morgan fingerprint density at radius 2 is 2.05 bits per heavy atom. The van der Waals surface area contributed by atoms with Gasteiger partial charge in [-0.25, -0.2) is 9.59 Å². The quantitative estimate of drug-likeness (QED) is 0.711. The van der Waals surface area contributed by atoms with Crippen molar-refractivity contribution in [3.8, 4) is 0 Å². The number of rotatable bonds is 4. The van der Waals surface area contributed by atoms with Gasteiger partial charge in [0, 0.05) is 7.11 Å². The minimum absolute atomic E-state index is 0.0499. The maximum atomic E-state index is 11.9. The molecule has 2 heterocycles. The van der Waals surface area contributed by atoms with Crippen LogP contribution >= 0.6 is 0 Å². The summed E-state index contributed by atoms with van der Waals surface area (Å²) in [6.45, 7) is 2.03. The molecular formula is C11H14N4O5. The van der Waals surface area contributed by atoms with E-state index >= 15 is 0 Å². The monoisotopic (exact) mass is 282 g/mol. The summed E-state index contributed by atoms with van der Waals surface area (Å²) >= 11 is 0. The molecule has 0 radical (unpaired) electrons. The van der Waals surface area contributed by atoms with E-state index in [0.717, 1.165) is 0 Å². The second kappa shape index (κ2) is 5.29. The molecule has 0 spiro atoms. The number of H-pyrrole nitrogens is 2. The zero-order valence-electron chi connectivity index (χ0n) is 11.2. The molecule has 20 heavy (non-hydrogen) atoms. The number of carbonyl (C=O) groups excluding carboxylic acids is 1. The smallest absolute Gasteiger partial charge is 0.360 e. The minimum Gasteiger partial charge on any atom is -0.464 e. The van der Waals surface area contributed by atoms with Crippen molar-refractivity contribution in [1.82, 2.24) is 19.7 Å². The molecule has 2 aromatic heterocycles. The number of fused-ring (bicyclic) bond motifs is 1. The van der Waals surface area contributed by atoms with Crippen molar-refractivity contribution >= 4 is 17.0 Å². The van der Waals surface area contributed by atoms with Crippen molar-refractivity contribution in [1.29, 1.82) is 0 Å². The van der Waals surface area contributed by atoms with Gasteiger partial charge < -0.3 is 14.5 Å². The fourth-order valence-electron chi connectivity index (χ4n) is 1.81. The fourth-order valence-corrected chi connectivity index (χ4v) is 1.81. The minimum atomic E-state index is -0.736. The first-order valence-electron chi connectivity index (χ1n) is 5.82. The molecule has 9 heteroatoms. The molecule has 108 valence electrons. The topological polar surface area (TPSA) is 119 Å². The first-order chi connectivity index (χ1) is 9.47. The summed E-state index contributed by atoms with van der Waals surface area (Å²) in [6.07, 6.45) is -0.227. The number of nitrogens with zero attached hydrogens (tertiary/aromatic N) is 2. The first kappa shape index (κ1) is 14.0. The highest BCUT2D eigenvalue weighted by molar-refractivity contribution is 5.99. The molecule has 0 aromatic carbocycles. The van der Waals surface area contributed by atoms with Crippen molar-refractivity contribution in [2.24, 2.45) is 0 Å². The first-order valence-corrected chi connectivity index (χ1v) is 5.82. The summed E-state index contributed by atoms with van der Waals surface area (Å²) in [5.74, 6) is -0.736. The third-order valence-electron chi connectivity index (χ3n) is 2.84. The molecule has 0 unspecified atom stereocenters. The molecule has 0 saturated heterocycles. The van der Waals surface area contributed by atoms with E-state index in [2.05, 4.69) is 19.8 Å². The number of hydrogen-bond donors (Lipinski definition) is 2. The summed E-state index contributed by atoms with van der Waals surface area (Å²) < 4.78 is 11.0. The summed E-state index contributed by atoms with van der Waals surface area (Å²) in [4.78, 5) is 39.4. The average Bonchev–Trinajstić information content (AvgIpc) is 2.76. The number of hydrogen-bond acceptors (Lipinski definition) is 6. The highest BCUT2D eigenvalue weighted by atomic mass is 16.5. The van der Waals surface area contributed by atoms with Gasteiger partial charge in [0.15, 0.2) is 11.2 Å². The van der Waals surface area contributed by atoms with Crippen LogP contribution in [0, 0.1) is 0 Å². The van der Waals surface area contributed by atoms with Gasteiger partial charge in [0.1, 0.15) is 5.52 Å². The Morgan fingerprint density at radius 3 is 2.65 bits per heavy atom. The highest BCUT2D eigenvalue weighted by Crippen LogP contribution is 2.13. The molecule has 0 amide bonds. The molecule has 0 fully saturated rings. The third kappa shape index (κ3) is 2.35. The molecule has 2 N–H and O–H groups in total. The van der Waals surface area contributed by atoms with Crippen LogP contribution in [0.4, 0.5) is 0 Å². The van der Waals surface area contributed by atoms with Gasteiger partial charge in [-0.05, 0) is 6.92 Å². The van der Waals surface area contributed by atoms with Crippen LogP contribution in [0.3, 0.4) is 0 Å². The highest BCUT2D eigenvalue weighted by Gasteiger charge is 2.22. The predicted octanol–water partition coefficient (Wildman–Crippen LogP) is -0.766. The lowest BCUT2D eigenvalue weighted by atomic mass is 10.3. The van der Waals surface area contributed by atoms with Gasteiger partial charge in [-0.2, -0.15) is 5.10 Å². The van der Waals surface area contributed by atoms with E-state index in [1.807, 2.05) is 0 Å². The lowest BCUT2D eigenvalue weighted by Crippen LogP contribution is -2.25. The van der Waals surface area contributed by atoms with Gasteiger partial charge in [-0.3, -0.25) is 14.5 Å². The molecule has 0 bridgehead atoms. The SMILES string of the molecule is COC(=O)c1nn(C[C@H](C)OC)c2c(=O)[nH]c(=O)[nH]c12. The van der Waals surface area contributed by atoms with Gasteiger partial charge in [-0.15, -0.1) is 0 Å². The lowest BCUT2D eigenvalue weighted by Gasteiger charge is -2.09. The Balaban J connectivity index is 2.73. The van der Waals surface area contributed by atoms with Crippen molar-refractivity contribution in [3.05, 3.63) is 26.5 Å². The zero-order chi connectivity index (χ0) is 14.9. The number of aromatic amines is 2. The predicted molar refractivity (Wildman–Crippen MR) is 68.8 cm³/mol. The van der Waals surface area contributed by atoms with Crippen LogP contribution in [0.25, 0.3) is 11.0 Å². The number of carbonyl (C=O) groups is 1. The number of nitrogens with one attached hydrogen (secondary N) is 2. The summed E-state index contributed by atoms with van der Waals surface area (Å²) in [7, 11) is 2.71. The molecule has 2 rings (SSSR count). The van der Waals surface area contributed by atoms with E-state index in [0.29, 0.717) is 0 Å². The Kier molecular flexibility index (Phi) is 3.70. The van der Waals surface area contributed by atoms with E-state index in [1.54, 1.807) is 6.92 Å². The van der Waals surface area contributed by atoms with Gasteiger partial charge in [0.05, 0.1) is 19.8 Å². The summed E-state index contributed by atoms with van der Waals surface area (Å²) in [6, 6.07) is 0. The molecule has 9 nitrogen and oxygen atoms in total. The largest absolute Gasteiger partial charge is 0.464 e. The summed E-state index contributed by atoms with van der Waals surface area (Å²) in [5.41, 5.74) is -1.32. The van der Waals surface area contributed by atoms with Crippen LogP contribution in [-0.4, -0.2) is 46.0 Å². The zero-order valence-corrected chi connectivity index (χ0v) is 11.2. The molecule has 2 aromatic rings. The van der Waals surface area contributed by atoms with Crippen molar-refractivity contribution in [3.63, 3.8) is 0 Å². The van der Waals surface area contributed by atoms with E-state index < -0.39 is 17.2 Å². The van der Waals surface area contributed by atoms with Crippen LogP contribution < -0.4 is 11.2 Å². The van der Waals surface area contributed by atoms with Gasteiger partial charge >= 0.3 is 11.7 Å². The molecule has 1 atom stereocenters. The number of ether oxygens (including phenoxy) is 2. The molecule has 0 aliphatic heterocycles. The molecule has 0 aliphatic rings. The van der Waals surface area contributed by atoms with E-state index in [4.69, 9.17) is 4.74 Å². The standard InChI is InChI=1S/C11H14N4O5/c1-5(19-2)4-15-8-6(7(14-15)10(17)20-3)12-11(18)13-9(8)16/h5H,4H2,1-3H3,(H2,12,13,16,18)/t5-/m0/s1. The Bertz CT molecular complexity index is 756. The number of methoxy groups -OCH3 is 2. The van der Waals surface area contributed by atoms with Crippen molar-refractivity contribution in [2.45, 2.75) is 19.6 Å². The second-order valence-electron chi connectivity index (χ2n) is 4.20. The summed E-state index contributed by atoms with van der Waals surface area (Å²) in [5, 5.41) is 4.02. The van der Waals surface area contributed by atoms with Crippen LogP contribution in [-0.2, 0) is 16.0 Å². The number of aromatic nitrogens is 4. The molecule has 0 saturated carbocycles. The van der Waals surface area contributed by atoms with Crippen molar-refractivity contribution < 1.29 is 14.3 Å². The normalized spacial score (nSPS) is 12.6. The van der Waals surface area contributed by atoms with Gasteiger partial charge in [0.25, 0.3) is 5.56 Å². The van der Waals surface area contributed by atoms with Gasteiger partial charge in [-0.1, -0.05) is 0 Å². The Labute approximate surface area is 112 Å². The van der Waals surface area contributed by atoms with E-state index in [1.165, 1.54) is 18.9 Å². The van der Waals surface area contributed by atoms with Crippen molar-refractivity contribution in [2.75, 3.05) is 14.2 Å². The van der Waals surface area contributed by atoms with Crippen LogP contribution in [0.2, 0.25) is 0 Å². The maximum absolute atomic E-state index is 11.9. The number of esters is 1. The van der Waals surface area contributed by atoms with Crippen LogP contribution in [0.15, 0.2) is 9.59 Å². The second-order valence-corrected chi connectivity index (χ2v) is 4.20. The maximum Gasteiger partial charge on any atom is 0.360 e. The Morgan fingerprint density at radius 1 is 1.35 bits per heavy atom. The van der Waals surface area contributed by atoms with E-state index in [9.17, 15) is 14.4 Å². The van der Waals surface area contributed by atoms with E-state index in [-0.39, 0.29) is 29.4 Å². The third-order valence-corrected chi connectivity index (χ3v) is 2.84. The Hall–Kier alpha value is -2.42.